The van der Waals surface area contributed by atoms with E-state index < -0.39 is 28.3 Å². The molecule has 0 aliphatic rings. The molecule has 0 aromatic heterocycles. The maximum Gasteiger partial charge on any atom is 0.305 e. The van der Waals surface area contributed by atoms with Crippen molar-refractivity contribution in [3.63, 3.8) is 0 Å². The van der Waals surface area contributed by atoms with E-state index in [0.29, 0.717) is 0 Å². The predicted octanol–water partition coefficient (Wildman–Crippen LogP) is 2.26. The van der Waals surface area contributed by atoms with Gasteiger partial charge in [-0.2, -0.15) is 0 Å². The van der Waals surface area contributed by atoms with Gasteiger partial charge >= 0.3 is 5.97 Å². The van der Waals surface area contributed by atoms with Gasteiger partial charge in [-0.25, -0.2) is 0 Å². The maximum absolute atomic E-state index is 11.6. The summed E-state index contributed by atoms with van der Waals surface area (Å²) in [5.41, 5.74) is -0.351. The predicted molar refractivity (Wildman–Crippen MR) is 85.6 cm³/mol. The molecule has 1 unspecified atom stereocenters. The van der Waals surface area contributed by atoms with Gasteiger partial charge in [0.25, 0.3) is 11.6 Å². The van der Waals surface area contributed by atoms with E-state index in [0.717, 1.165) is 0 Å². The zero-order chi connectivity index (χ0) is 17.8. The standard InChI is InChI=1S/C15H21N3O5/c1-15(2,3)12(8-13(19)20)17-10-6-5-9(14(21)16-4)7-11(10)18(22)23/h5-7,12,17H,8H2,1-4H3,(H,16,21)(H,19,20). The second-order valence-electron chi connectivity index (χ2n) is 6.23. The maximum atomic E-state index is 11.6. The highest BCUT2D eigenvalue weighted by Gasteiger charge is 2.29. The molecular weight excluding hydrogens is 302 g/mol. The first kappa shape index (κ1) is 18.4. The van der Waals surface area contributed by atoms with Gasteiger partial charge in [-0.1, -0.05) is 20.8 Å². The molecule has 1 aromatic carbocycles. The van der Waals surface area contributed by atoms with Gasteiger partial charge in [0, 0.05) is 24.7 Å². The van der Waals surface area contributed by atoms with Gasteiger partial charge in [-0.05, 0) is 17.5 Å². The number of hydrogen-bond donors (Lipinski definition) is 3. The van der Waals surface area contributed by atoms with Gasteiger partial charge in [0.2, 0.25) is 0 Å². The SMILES string of the molecule is CNC(=O)c1ccc(NC(CC(=O)O)C(C)(C)C)c([N+](=O)[O-])c1. The number of nitrogens with one attached hydrogen (secondary N) is 2. The number of carboxylic acids is 1. The number of amides is 1. The summed E-state index contributed by atoms with van der Waals surface area (Å²) in [6.07, 6.45) is -0.183. The third kappa shape index (κ3) is 4.94. The molecule has 0 aliphatic carbocycles. The lowest BCUT2D eigenvalue weighted by atomic mass is 9.84. The average Bonchev–Trinajstić information content (AvgIpc) is 2.44. The van der Waals surface area contributed by atoms with Crippen LogP contribution in [0.2, 0.25) is 0 Å². The van der Waals surface area contributed by atoms with Crippen LogP contribution in [0.1, 0.15) is 37.6 Å². The fourth-order valence-corrected chi connectivity index (χ4v) is 2.03. The van der Waals surface area contributed by atoms with Crippen molar-refractivity contribution in [3.05, 3.63) is 33.9 Å². The molecule has 1 rings (SSSR count). The Morgan fingerprint density at radius 3 is 2.39 bits per heavy atom. The van der Waals surface area contributed by atoms with Crippen LogP contribution in [0.3, 0.4) is 0 Å². The number of hydrogen-bond acceptors (Lipinski definition) is 5. The minimum atomic E-state index is -0.998. The van der Waals surface area contributed by atoms with Crippen molar-refractivity contribution >= 4 is 23.3 Å². The Bertz CT molecular complexity index is 622. The van der Waals surface area contributed by atoms with E-state index in [4.69, 9.17) is 5.11 Å². The van der Waals surface area contributed by atoms with Crippen LogP contribution in [0.25, 0.3) is 0 Å². The van der Waals surface area contributed by atoms with Crippen LogP contribution < -0.4 is 10.6 Å². The number of anilines is 1. The molecule has 0 spiro atoms. The Labute approximate surface area is 134 Å². The molecule has 0 bridgehead atoms. The summed E-state index contributed by atoms with van der Waals surface area (Å²) < 4.78 is 0. The Hall–Kier alpha value is -2.64. The van der Waals surface area contributed by atoms with Gasteiger partial charge in [-0.15, -0.1) is 0 Å². The van der Waals surface area contributed by atoms with Crippen molar-refractivity contribution in [1.29, 1.82) is 0 Å². The van der Waals surface area contributed by atoms with E-state index in [1.165, 1.54) is 25.2 Å². The van der Waals surface area contributed by atoms with Gasteiger partial charge in [0.1, 0.15) is 5.69 Å². The number of aliphatic carboxylic acids is 1. The highest BCUT2D eigenvalue weighted by molar-refractivity contribution is 5.95. The summed E-state index contributed by atoms with van der Waals surface area (Å²) in [6, 6.07) is 3.53. The van der Waals surface area contributed by atoms with E-state index >= 15 is 0 Å². The normalized spacial score (nSPS) is 12.3. The number of carbonyl (C=O) groups excluding carboxylic acids is 1. The van der Waals surface area contributed by atoms with Crippen molar-refractivity contribution in [2.45, 2.75) is 33.2 Å². The van der Waals surface area contributed by atoms with Crippen molar-refractivity contribution in [1.82, 2.24) is 5.32 Å². The monoisotopic (exact) mass is 323 g/mol. The summed E-state index contributed by atoms with van der Waals surface area (Å²) in [7, 11) is 1.43. The number of carboxylic acid groups (broad SMARTS) is 1. The Morgan fingerprint density at radius 1 is 1.35 bits per heavy atom. The summed E-state index contributed by atoms with van der Waals surface area (Å²) in [4.78, 5) is 33.3. The van der Waals surface area contributed by atoms with E-state index in [1.807, 2.05) is 20.8 Å². The van der Waals surface area contributed by atoms with Crippen molar-refractivity contribution < 1.29 is 19.6 Å². The molecule has 0 heterocycles. The number of rotatable bonds is 6. The lowest BCUT2D eigenvalue weighted by Gasteiger charge is -2.31. The van der Waals surface area contributed by atoms with Crippen LogP contribution in [0.15, 0.2) is 18.2 Å². The minimum Gasteiger partial charge on any atom is -0.481 e. The van der Waals surface area contributed by atoms with Gasteiger partial charge < -0.3 is 15.7 Å². The number of nitro groups is 1. The quantitative estimate of drug-likeness (QED) is 0.545. The summed E-state index contributed by atoms with van der Waals surface area (Å²) >= 11 is 0. The van der Waals surface area contributed by atoms with Crippen molar-refractivity contribution in [3.8, 4) is 0 Å². The molecule has 0 radical (unpaired) electrons. The fraction of sp³-hybridized carbons (Fsp3) is 0.467. The molecule has 0 aliphatic heterocycles. The van der Waals surface area contributed by atoms with E-state index in [2.05, 4.69) is 10.6 Å². The van der Waals surface area contributed by atoms with Crippen molar-refractivity contribution in [2.24, 2.45) is 5.41 Å². The lowest BCUT2D eigenvalue weighted by molar-refractivity contribution is -0.384. The molecule has 1 aromatic rings. The number of carbonyl (C=O) groups is 2. The fourth-order valence-electron chi connectivity index (χ4n) is 2.03. The lowest BCUT2D eigenvalue weighted by Crippen LogP contribution is -2.36. The second-order valence-corrected chi connectivity index (χ2v) is 6.23. The molecule has 3 N–H and O–H groups in total. The molecule has 126 valence electrons. The molecule has 0 saturated heterocycles. The van der Waals surface area contributed by atoms with Gasteiger partial charge in [0.15, 0.2) is 0 Å². The zero-order valence-corrected chi connectivity index (χ0v) is 13.5. The Morgan fingerprint density at radius 2 is 1.96 bits per heavy atom. The summed E-state index contributed by atoms with van der Waals surface area (Å²) in [5.74, 6) is -1.43. The average molecular weight is 323 g/mol. The van der Waals surface area contributed by atoms with E-state index in [1.54, 1.807) is 0 Å². The van der Waals surface area contributed by atoms with Crippen LogP contribution in [0, 0.1) is 15.5 Å². The first-order chi connectivity index (χ1) is 10.6. The molecule has 0 fully saturated rings. The second kappa shape index (κ2) is 7.08. The molecule has 0 saturated carbocycles. The Kier molecular flexibility index (Phi) is 5.67. The number of benzene rings is 1. The molecule has 1 atom stereocenters. The topological polar surface area (TPSA) is 122 Å². The first-order valence-corrected chi connectivity index (χ1v) is 7.05. The third-order valence-corrected chi connectivity index (χ3v) is 3.44. The van der Waals surface area contributed by atoms with E-state index in [9.17, 15) is 19.7 Å². The molecule has 1 amide bonds. The van der Waals surface area contributed by atoms with Gasteiger partial charge in [0.05, 0.1) is 11.3 Å². The van der Waals surface area contributed by atoms with Crippen LogP contribution >= 0.6 is 0 Å². The summed E-state index contributed by atoms with van der Waals surface area (Å²) in [6.45, 7) is 5.54. The molecule has 8 nitrogen and oxygen atoms in total. The smallest absolute Gasteiger partial charge is 0.305 e. The summed E-state index contributed by atoms with van der Waals surface area (Å²) in [5, 5.41) is 25.6. The zero-order valence-electron chi connectivity index (χ0n) is 13.5. The first-order valence-electron chi connectivity index (χ1n) is 7.05. The van der Waals surface area contributed by atoms with Crippen LogP contribution in [0.5, 0.6) is 0 Å². The highest BCUT2D eigenvalue weighted by Crippen LogP contribution is 2.31. The largest absolute Gasteiger partial charge is 0.481 e. The minimum absolute atomic E-state index is 0.162. The van der Waals surface area contributed by atoms with E-state index in [-0.39, 0.29) is 23.4 Å². The molecule has 23 heavy (non-hydrogen) atoms. The molecule has 8 heteroatoms. The third-order valence-electron chi connectivity index (χ3n) is 3.44. The highest BCUT2D eigenvalue weighted by atomic mass is 16.6. The van der Waals surface area contributed by atoms with Crippen LogP contribution in [-0.2, 0) is 4.79 Å². The van der Waals surface area contributed by atoms with Crippen LogP contribution in [0.4, 0.5) is 11.4 Å². The Balaban J connectivity index is 3.22. The van der Waals surface area contributed by atoms with Crippen LogP contribution in [-0.4, -0.2) is 35.0 Å². The van der Waals surface area contributed by atoms with Gasteiger partial charge in [-0.3, -0.25) is 19.7 Å². The molecular formula is C15H21N3O5. The van der Waals surface area contributed by atoms with Crippen molar-refractivity contribution in [2.75, 3.05) is 12.4 Å². The number of nitro benzene ring substituents is 1. The number of nitrogens with zero attached hydrogens (tertiary/aromatic N) is 1.